The predicted molar refractivity (Wildman–Crippen MR) is 131 cm³/mol. The first kappa shape index (κ1) is 23.8. The summed E-state index contributed by atoms with van der Waals surface area (Å²) in [5.41, 5.74) is 0. The van der Waals surface area contributed by atoms with Crippen LogP contribution < -0.4 is 0 Å². The summed E-state index contributed by atoms with van der Waals surface area (Å²) < 4.78 is 5.89. The first-order valence-corrected chi connectivity index (χ1v) is 13.3. The molecule has 1 heteroatoms. The lowest BCUT2D eigenvalue weighted by atomic mass is 9.65. The number of unbranched alkanes of at least 4 members (excludes halogenated alkanes) is 1. The molecule has 0 bridgehead atoms. The van der Waals surface area contributed by atoms with Crippen LogP contribution in [-0.4, -0.2) is 12.7 Å². The van der Waals surface area contributed by atoms with Crippen molar-refractivity contribution in [1.29, 1.82) is 0 Å². The second-order valence-corrected chi connectivity index (χ2v) is 10.5. The summed E-state index contributed by atoms with van der Waals surface area (Å²) in [6.45, 7) is 8.30. The fraction of sp³-hybridized carbons (Fsp3) is 0.793. The van der Waals surface area contributed by atoms with Crippen LogP contribution in [0.25, 0.3) is 0 Å². The molecule has 3 aliphatic rings. The highest BCUT2D eigenvalue weighted by molar-refractivity contribution is 4.88. The number of hydrogen-bond donors (Lipinski definition) is 0. The summed E-state index contributed by atoms with van der Waals surface area (Å²) in [4.78, 5) is 0. The monoisotopic (exact) mass is 412 g/mol. The molecule has 3 aliphatic carbocycles. The normalized spacial score (nSPS) is 35.3. The van der Waals surface area contributed by atoms with Crippen molar-refractivity contribution >= 4 is 0 Å². The van der Waals surface area contributed by atoms with E-state index in [2.05, 4.69) is 25.3 Å². The molecule has 0 aromatic carbocycles. The van der Waals surface area contributed by atoms with E-state index in [9.17, 15) is 0 Å². The predicted octanol–water partition coefficient (Wildman–Crippen LogP) is 8.66. The molecule has 0 N–H and O–H groups in total. The van der Waals surface area contributed by atoms with Crippen LogP contribution in [0.5, 0.6) is 0 Å². The Balaban J connectivity index is 1.28. The SMILES string of the molecule is C=CCC/C=C/CCC1CCC(C2CCC(C3CCC(OCC=C)CC3)CC2)CC1. The van der Waals surface area contributed by atoms with Crippen LogP contribution in [0.4, 0.5) is 0 Å². The molecule has 0 spiro atoms. The van der Waals surface area contributed by atoms with Gasteiger partial charge >= 0.3 is 0 Å². The van der Waals surface area contributed by atoms with Crippen molar-refractivity contribution in [3.8, 4) is 0 Å². The third-order valence-electron chi connectivity index (χ3n) is 8.66. The maximum absolute atomic E-state index is 5.89. The quantitative estimate of drug-likeness (QED) is 0.244. The summed E-state index contributed by atoms with van der Waals surface area (Å²) in [6, 6.07) is 0. The molecule has 0 atom stereocenters. The van der Waals surface area contributed by atoms with E-state index in [0.717, 1.165) is 42.6 Å². The molecule has 0 amide bonds. The molecule has 0 heterocycles. The van der Waals surface area contributed by atoms with E-state index in [1.807, 2.05) is 12.2 Å². The Kier molecular flexibility index (Phi) is 10.8. The van der Waals surface area contributed by atoms with Gasteiger partial charge in [0.1, 0.15) is 0 Å². The van der Waals surface area contributed by atoms with Crippen molar-refractivity contribution in [1.82, 2.24) is 0 Å². The van der Waals surface area contributed by atoms with E-state index in [1.165, 1.54) is 96.3 Å². The second kappa shape index (κ2) is 13.6. The van der Waals surface area contributed by atoms with Crippen LogP contribution in [0.3, 0.4) is 0 Å². The molecular weight excluding hydrogens is 364 g/mol. The van der Waals surface area contributed by atoms with Gasteiger partial charge in [0.2, 0.25) is 0 Å². The van der Waals surface area contributed by atoms with Gasteiger partial charge in [0.15, 0.2) is 0 Å². The molecule has 30 heavy (non-hydrogen) atoms. The van der Waals surface area contributed by atoms with Gasteiger partial charge in [-0.2, -0.15) is 0 Å². The van der Waals surface area contributed by atoms with Crippen LogP contribution >= 0.6 is 0 Å². The molecule has 3 saturated carbocycles. The molecule has 0 aromatic heterocycles. The van der Waals surface area contributed by atoms with Crippen molar-refractivity contribution < 1.29 is 4.74 Å². The van der Waals surface area contributed by atoms with Gasteiger partial charge in [-0.25, -0.2) is 0 Å². The zero-order valence-electron chi connectivity index (χ0n) is 19.6. The number of allylic oxidation sites excluding steroid dienone is 3. The third-order valence-corrected chi connectivity index (χ3v) is 8.66. The molecule has 0 unspecified atom stereocenters. The number of hydrogen-bond acceptors (Lipinski definition) is 1. The van der Waals surface area contributed by atoms with Gasteiger partial charge in [0.05, 0.1) is 12.7 Å². The minimum Gasteiger partial charge on any atom is -0.374 e. The van der Waals surface area contributed by atoms with Gasteiger partial charge in [-0.05, 0) is 119 Å². The molecule has 1 nitrogen and oxygen atoms in total. The largest absolute Gasteiger partial charge is 0.374 e. The zero-order valence-corrected chi connectivity index (χ0v) is 19.6. The van der Waals surface area contributed by atoms with Gasteiger partial charge in [-0.3, -0.25) is 0 Å². The first-order chi connectivity index (χ1) is 14.8. The average molecular weight is 413 g/mol. The van der Waals surface area contributed by atoms with Crippen molar-refractivity contribution in [3.05, 3.63) is 37.5 Å². The minimum absolute atomic E-state index is 0.508. The van der Waals surface area contributed by atoms with Crippen molar-refractivity contribution in [2.45, 2.75) is 109 Å². The summed E-state index contributed by atoms with van der Waals surface area (Å²) in [5.74, 6) is 5.11. The third kappa shape index (κ3) is 7.70. The first-order valence-electron chi connectivity index (χ1n) is 13.3. The summed E-state index contributed by atoms with van der Waals surface area (Å²) in [5, 5.41) is 0. The molecule has 0 aromatic rings. The second-order valence-electron chi connectivity index (χ2n) is 10.5. The van der Waals surface area contributed by atoms with E-state index in [4.69, 9.17) is 4.74 Å². The maximum atomic E-state index is 5.89. The van der Waals surface area contributed by atoms with E-state index < -0.39 is 0 Å². The van der Waals surface area contributed by atoms with Crippen molar-refractivity contribution in [3.63, 3.8) is 0 Å². The standard InChI is InChI=1S/C29H48O/c1-3-5-6-7-8-9-10-24-11-13-25(14-12-24)26-15-17-27(18-16-26)28-19-21-29(22-20-28)30-23-4-2/h3-4,7-8,24-29H,1-2,5-6,9-23H2/b8-7+. The molecule has 170 valence electrons. The fourth-order valence-corrected chi connectivity index (χ4v) is 6.75. The van der Waals surface area contributed by atoms with Crippen LogP contribution in [0.2, 0.25) is 0 Å². The lowest BCUT2D eigenvalue weighted by Crippen LogP contribution is -2.31. The zero-order chi connectivity index (χ0) is 21.0. The molecule has 3 rings (SSSR count). The summed E-state index contributed by atoms with van der Waals surface area (Å²) in [7, 11) is 0. The summed E-state index contributed by atoms with van der Waals surface area (Å²) >= 11 is 0. The van der Waals surface area contributed by atoms with Crippen LogP contribution in [-0.2, 0) is 4.74 Å². The topological polar surface area (TPSA) is 9.23 Å². The Bertz CT molecular complexity index is 496. The fourth-order valence-electron chi connectivity index (χ4n) is 6.75. The van der Waals surface area contributed by atoms with E-state index >= 15 is 0 Å². The lowest BCUT2D eigenvalue weighted by molar-refractivity contribution is 0.0188. The Hall–Kier alpha value is -0.820. The number of ether oxygens (including phenoxy) is 1. The van der Waals surface area contributed by atoms with E-state index in [1.54, 1.807) is 0 Å². The van der Waals surface area contributed by atoms with Gasteiger partial charge in [-0.15, -0.1) is 13.2 Å². The molecule has 0 saturated heterocycles. The van der Waals surface area contributed by atoms with Crippen LogP contribution in [0, 0.1) is 29.6 Å². The molecule has 0 aliphatic heterocycles. The highest BCUT2D eigenvalue weighted by Crippen LogP contribution is 2.45. The molecule has 3 fully saturated rings. The van der Waals surface area contributed by atoms with E-state index in [0.29, 0.717) is 6.10 Å². The molecule has 0 radical (unpaired) electrons. The Morgan fingerprint density at radius 1 is 0.567 bits per heavy atom. The minimum atomic E-state index is 0.508. The maximum Gasteiger partial charge on any atom is 0.0648 e. The van der Waals surface area contributed by atoms with Crippen molar-refractivity contribution in [2.24, 2.45) is 29.6 Å². The Morgan fingerprint density at radius 3 is 1.60 bits per heavy atom. The van der Waals surface area contributed by atoms with Gasteiger partial charge in [-0.1, -0.05) is 37.1 Å². The highest BCUT2D eigenvalue weighted by atomic mass is 16.5. The lowest BCUT2D eigenvalue weighted by Gasteiger charge is -2.41. The van der Waals surface area contributed by atoms with Gasteiger partial charge in [0.25, 0.3) is 0 Å². The Labute approximate surface area is 187 Å². The van der Waals surface area contributed by atoms with Crippen LogP contribution in [0.1, 0.15) is 103 Å². The van der Waals surface area contributed by atoms with Gasteiger partial charge in [0, 0.05) is 0 Å². The van der Waals surface area contributed by atoms with Gasteiger partial charge < -0.3 is 4.74 Å². The Morgan fingerprint density at radius 2 is 1.07 bits per heavy atom. The highest BCUT2D eigenvalue weighted by Gasteiger charge is 2.34. The average Bonchev–Trinajstić information content (AvgIpc) is 2.81. The summed E-state index contributed by atoms with van der Waals surface area (Å²) in [6.07, 6.45) is 31.7. The number of rotatable bonds is 11. The van der Waals surface area contributed by atoms with Crippen molar-refractivity contribution in [2.75, 3.05) is 6.61 Å². The molecular formula is C29H48O. The van der Waals surface area contributed by atoms with Crippen LogP contribution in [0.15, 0.2) is 37.5 Å². The van der Waals surface area contributed by atoms with E-state index in [-0.39, 0.29) is 0 Å². The smallest absolute Gasteiger partial charge is 0.0648 e.